The lowest BCUT2D eigenvalue weighted by atomic mass is 9.92. The molecule has 0 saturated heterocycles. The van der Waals surface area contributed by atoms with E-state index < -0.39 is 11.8 Å². The molecule has 0 spiro atoms. The van der Waals surface area contributed by atoms with Crippen LogP contribution in [0, 0.1) is 12.7 Å². The number of hydrogen-bond donors (Lipinski definition) is 1. The van der Waals surface area contributed by atoms with E-state index in [2.05, 4.69) is 5.32 Å². The van der Waals surface area contributed by atoms with Crippen molar-refractivity contribution < 1.29 is 28.2 Å². The molecule has 1 N–H and O–H groups in total. The van der Waals surface area contributed by atoms with Gasteiger partial charge in [0, 0.05) is 29.3 Å². The van der Waals surface area contributed by atoms with Crippen LogP contribution in [-0.2, 0) is 9.53 Å². The van der Waals surface area contributed by atoms with Crippen molar-refractivity contribution in [3.8, 4) is 67.1 Å². The minimum Gasteiger partial charge on any atom is -0.497 e. The second-order valence-corrected chi connectivity index (χ2v) is 12.1. The van der Waals surface area contributed by atoms with E-state index in [0.29, 0.717) is 50.6 Å². The Bertz CT molecular complexity index is 2240. The van der Waals surface area contributed by atoms with Crippen molar-refractivity contribution in [3.63, 3.8) is 0 Å². The van der Waals surface area contributed by atoms with Crippen molar-refractivity contribution in [2.75, 3.05) is 26.1 Å². The summed E-state index contributed by atoms with van der Waals surface area (Å²) in [6.07, 6.45) is 0. The van der Waals surface area contributed by atoms with Gasteiger partial charge < -0.3 is 19.5 Å². The minimum absolute atomic E-state index is 0.189. The average molecular weight is 680 g/mol. The molecule has 256 valence electrons. The summed E-state index contributed by atoms with van der Waals surface area (Å²) in [5.74, 6) is 0.0436. The molecule has 0 saturated carbocycles. The fourth-order valence-electron chi connectivity index (χ4n) is 6.17. The van der Waals surface area contributed by atoms with Crippen LogP contribution in [0.15, 0.2) is 121 Å². The van der Waals surface area contributed by atoms with Gasteiger partial charge in [-0.3, -0.25) is 4.79 Å². The van der Waals surface area contributed by atoms with Crippen LogP contribution in [-0.4, -0.2) is 32.7 Å². The number of benzene rings is 6. The number of esters is 1. The maximum absolute atomic E-state index is 16.0. The van der Waals surface area contributed by atoms with Crippen molar-refractivity contribution >= 4 is 17.6 Å². The summed E-state index contributed by atoms with van der Waals surface area (Å²) in [5, 5.41) is 2.87. The largest absolute Gasteiger partial charge is 0.497 e. The summed E-state index contributed by atoms with van der Waals surface area (Å²) in [6.45, 7) is 5.52. The standard InChI is InChI=1S/C44H38FNO5/c1-6-51-44(48)40-24-30(29-13-11-27(2)12-14-29)15-18-36(40)32-17-20-39(43(26-32)50-5)31-16-19-37(41(45)25-31)33-21-34(23-35(22-33)49-4)38-9-7-8-10-42(38)46-28(3)47/h7-26H,6H2,1-5H3,(H,46,47). The Morgan fingerprint density at radius 3 is 1.92 bits per heavy atom. The second-order valence-electron chi connectivity index (χ2n) is 12.1. The summed E-state index contributed by atoms with van der Waals surface area (Å²) in [5.41, 5.74) is 9.47. The molecule has 0 unspecified atom stereocenters. The number of amides is 1. The molecule has 6 aromatic carbocycles. The number of ether oxygens (including phenoxy) is 3. The molecule has 0 aromatic heterocycles. The molecule has 6 rings (SSSR count). The second kappa shape index (κ2) is 15.1. The highest BCUT2D eigenvalue weighted by Crippen LogP contribution is 2.40. The van der Waals surface area contributed by atoms with Crippen LogP contribution in [0.5, 0.6) is 11.5 Å². The van der Waals surface area contributed by atoms with E-state index in [1.807, 2.05) is 110 Å². The molecule has 51 heavy (non-hydrogen) atoms. The number of halogens is 1. The van der Waals surface area contributed by atoms with Crippen LogP contribution in [0.4, 0.5) is 10.1 Å². The van der Waals surface area contributed by atoms with E-state index in [1.165, 1.54) is 13.0 Å². The molecule has 0 aliphatic rings. The van der Waals surface area contributed by atoms with E-state index in [9.17, 15) is 9.59 Å². The first-order valence-electron chi connectivity index (χ1n) is 16.6. The SMILES string of the molecule is CCOC(=O)c1cc(-c2ccc(C)cc2)ccc1-c1ccc(-c2ccc(-c3cc(OC)cc(-c4ccccc4NC(C)=O)c3)c(F)c2)c(OC)c1. The number of hydrogen-bond acceptors (Lipinski definition) is 5. The highest BCUT2D eigenvalue weighted by molar-refractivity contribution is 5.99. The molecule has 7 heteroatoms. The van der Waals surface area contributed by atoms with Crippen LogP contribution < -0.4 is 14.8 Å². The fourth-order valence-corrected chi connectivity index (χ4v) is 6.17. The predicted octanol–water partition coefficient (Wildman–Crippen LogP) is 10.6. The highest BCUT2D eigenvalue weighted by Gasteiger charge is 2.19. The van der Waals surface area contributed by atoms with Crippen LogP contribution >= 0.6 is 0 Å². The van der Waals surface area contributed by atoms with Crippen molar-refractivity contribution in [2.45, 2.75) is 20.8 Å². The van der Waals surface area contributed by atoms with Gasteiger partial charge in [0.05, 0.1) is 26.4 Å². The van der Waals surface area contributed by atoms with E-state index in [4.69, 9.17) is 14.2 Å². The van der Waals surface area contributed by atoms with Gasteiger partial charge in [0.1, 0.15) is 17.3 Å². The van der Waals surface area contributed by atoms with E-state index in [-0.39, 0.29) is 12.5 Å². The fraction of sp³-hybridized carbons (Fsp3) is 0.136. The molecule has 1 amide bonds. The third-order valence-electron chi connectivity index (χ3n) is 8.69. The summed E-state index contributed by atoms with van der Waals surface area (Å²) in [6, 6.07) is 37.5. The van der Waals surface area contributed by atoms with Gasteiger partial charge >= 0.3 is 5.97 Å². The normalized spacial score (nSPS) is 10.8. The zero-order chi connectivity index (χ0) is 36.1. The number of rotatable bonds is 10. The monoisotopic (exact) mass is 679 g/mol. The van der Waals surface area contributed by atoms with Crippen molar-refractivity contribution in [3.05, 3.63) is 138 Å². The zero-order valence-corrected chi connectivity index (χ0v) is 29.2. The average Bonchev–Trinajstić information content (AvgIpc) is 3.14. The van der Waals surface area contributed by atoms with E-state index in [0.717, 1.165) is 33.4 Å². The topological polar surface area (TPSA) is 73.9 Å². The maximum Gasteiger partial charge on any atom is 0.338 e. The Labute approximate surface area is 297 Å². The molecule has 6 aromatic rings. The number of carbonyl (C=O) groups excluding carboxylic acids is 2. The smallest absolute Gasteiger partial charge is 0.338 e. The molecule has 0 bridgehead atoms. The van der Waals surface area contributed by atoms with Gasteiger partial charge in [0.15, 0.2) is 0 Å². The lowest BCUT2D eigenvalue weighted by Crippen LogP contribution is -2.07. The molecule has 6 nitrogen and oxygen atoms in total. The number of methoxy groups -OCH3 is 2. The van der Waals surface area contributed by atoms with E-state index in [1.54, 1.807) is 33.3 Å². The van der Waals surface area contributed by atoms with Gasteiger partial charge in [-0.15, -0.1) is 0 Å². The molecule has 0 radical (unpaired) electrons. The highest BCUT2D eigenvalue weighted by atomic mass is 19.1. The van der Waals surface area contributed by atoms with Gasteiger partial charge in [0.2, 0.25) is 5.91 Å². The maximum atomic E-state index is 16.0. The zero-order valence-electron chi connectivity index (χ0n) is 29.2. The van der Waals surface area contributed by atoms with Gasteiger partial charge in [0.25, 0.3) is 0 Å². The third kappa shape index (κ3) is 7.53. The summed E-state index contributed by atoms with van der Waals surface area (Å²) in [4.78, 5) is 25.0. The number of anilines is 1. The van der Waals surface area contributed by atoms with Gasteiger partial charge in [-0.2, -0.15) is 0 Å². The summed E-state index contributed by atoms with van der Waals surface area (Å²) < 4.78 is 32.9. The predicted molar refractivity (Wildman–Crippen MR) is 202 cm³/mol. The van der Waals surface area contributed by atoms with Crippen LogP contribution in [0.25, 0.3) is 55.6 Å². The number of nitrogens with one attached hydrogen (secondary N) is 1. The first-order chi connectivity index (χ1) is 24.7. The lowest BCUT2D eigenvalue weighted by Gasteiger charge is -2.16. The Morgan fingerprint density at radius 1 is 0.627 bits per heavy atom. The minimum atomic E-state index is -0.427. The van der Waals surface area contributed by atoms with Crippen LogP contribution in [0.3, 0.4) is 0 Å². The molecule has 0 fully saturated rings. The Morgan fingerprint density at radius 2 is 1.25 bits per heavy atom. The van der Waals surface area contributed by atoms with Crippen LogP contribution in [0.1, 0.15) is 29.8 Å². The van der Waals surface area contributed by atoms with Crippen molar-refractivity contribution in [1.29, 1.82) is 0 Å². The molecular formula is C44H38FNO5. The number of carbonyl (C=O) groups is 2. The quantitative estimate of drug-likeness (QED) is 0.146. The van der Waals surface area contributed by atoms with Crippen molar-refractivity contribution in [2.24, 2.45) is 0 Å². The third-order valence-corrected chi connectivity index (χ3v) is 8.69. The Balaban J connectivity index is 1.36. The Kier molecular flexibility index (Phi) is 10.3. The summed E-state index contributed by atoms with van der Waals surface area (Å²) >= 11 is 0. The van der Waals surface area contributed by atoms with Gasteiger partial charge in [-0.1, -0.05) is 84.4 Å². The van der Waals surface area contributed by atoms with E-state index >= 15 is 4.39 Å². The molecular weight excluding hydrogens is 641 g/mol. The van der Waals surface area contributed by atoms with Gasteiger partial charge in [-0.05, 0) is 95.3 Å². The first kappa shape index (κ1) is 34.6. The molecule has 0 aliphatic carbocycles. The van der Waals surface area contributed by atoms with Gasteiger partial charge in [-0.25, -0.2) is 9.18 Å². The Hall–Kier alpha value is -6.21. The molecule has 0 aliphatic heterocycles. The molecule has 0 heterocycles. The first-order valence-corrected chi connectivity index (χ1v) is 16.6. The number of para-hydroxylation sites is 1. The summed E-state index contributed by atoms with van der Waals surface area (Å²) in [7, 11) is 3.13. The lowest BCUT2D eigenvalue weighted by molar-refractivity contribution is -0.114. The molecule has 0 atom stereocenters. The van der Waals surface area contributed by atoms with Crippen molar-refractivity contribution in [1.82, 2.24) is 0 Å². The van der Waals surface area contributed by atoms with Crippen LogP contribution in [0.2, 0.25) is 0 Å². The number of aryl methyl sites for hydroxylation is 1.